The van der Waals surface area contributed by atoms with Gasteiger partial charge in [-0.1, -0.05) is 24.3 Å². The van der Waals surface area contributed by atoms with Crippen LogP contribution in [0, 0.1) is 11.6 Å². The zero-order valence-electron chi connectivity index (χ0n) is 8.65. The van der Waals surface area contributed by atoms with Crippen LogP contribution in [0.15, 0.2) is 47.5 Å². The molecule has 4 heteroatoms. The molecule has 0 amide bonds. The Balaban J connectivity index is 2.72. The number of benzene rings is 2. The highest BCUT2D eigenvalue weighted by molar-refractivity contribution is 5.77. The molecule has 0 radical (unpaired) electrons. The Hall–Kier alpha value is -2.32. The number of aliphatic imine (C=N–C) groups is 1. The van der Waals surface area contributed by atoms with Crippen molar-refractivity contribution in [2.24, 2.45) is 4.99 Å². The molecule has 0 heterocycles. The third-order valence-corrected chi connectivity index (χ3v) is 2.30. The van der Waals surface area contributed by atoms with E-state index in [0.29, 0.717) is 0 Å². The molecule has 2 nitrogen and oxygen atoms in total. The first-order valence-electron chi connectivity index (χ1n) is 4.85. The number of nitrogens with zero attached hydrogens (tertiary/aromatic N) is 1. The van der Waals surface area contributed by atoms with Crippen LogP contribution in [0.1, 0.15) is 0 Å². The molecule has 0 aromatic heterocycles. The Labute approximate surface area is 96.2 Å². The van der Waals surface area contributed by atoms with Gasteiger partial charge >= 0.3 is 0 Å². The summed E-state index contributed by atoms with van der Waals surface area (Å²) in [5, 5.41) is 0. The molecule has 17 heavy (non-hydrogen) atoms. The number of hydrogen-bond donors (Lipinski definition) is 0. The second kappa shape index (κ2) is 4.68. The van der Waals surface area contributed by atoms with E-state index in [1.807, 2.05) is 0 Å². The first-order chi connectivity index (χ1) is 8.24. The number of halogens is 2. The van der Waals surface area contributed by atoms with E-state index >= 15 is 0 Å². The topological polar surface area (TPSA) is 29.4 Å². The standard InChI is InChI=1S/C13H7F2NO/c14-10-5-3-6-11(15)13(10)9-4-1-2-7-12(9)16-8-17/h1-7H. The first-order valence-corrected chi connectivity index (χ1v) is 4.85. The average molecular weight is 231 g/mol. The van der Waals surface area contributed by atoms with E-state index < -0.39 is 11.6 Å². The summed E-state index contributed by atoms with van der Waals surface area (Å²) in [5.41, 5.74) is 0.222. The van der Waals surface area contributed by atoms with E-state index in [9.17, 15) is 13.6 Å². The van der Waals surface area contributed by atoms with Gasteiger partial charge in [0.25, 0.3) is 0 Å². The number of isocyanates is 1. The highest BCUT2D eigenvalue weighted by Crippen LogP contribution is 2.33. The van der Waals surface area contributed by atoms with Crippen molar-refractivity contribution in [3.63, 3.8) is 0 Å². The van der Waals surface area contributed by atoms with Gasteiger partial charge in [-0.15, -0.1) is 0 Å². The largest absolute Gasteiger partial charge is 0.240 e. The normalized spacial score (nSPS) is 9.76. The third-order valence-electron chi connectivity index (χ3n) is 2.30. The van der Waals surface area contributed by atoms with E-state index in [4.69, 9.17) is 0 Å². The van der Waals surface area contributed by atoms with Crippen molar-refractivity contribution in [2.45, 2.75) is 0 Å². The van der Waals surface area contributed by atoms with Crippen molar-refractivity contribution in [1.29, 1.82) is 0 Å². The van der Waals surface area contributed by atoms with Crippen LogP contribution in [-0.4, -0.2) is 6.08 Å². The van der Waals surface area contributed by atoms with E-state index in [0.717, 1.165) is 12.1 Å². The minimum absolute atomic E-state index is 0.187. The van der Waals surface area contributed by atoms with Gasteiger partial charge in [-0.2, -0.15) is 4.99 Å². The monoisotopic (exact) mass is 231 g/mol. The molecule has 0 spiro atoms. The third kappa shape index (κ3) is 2.12. The van der Waals surface area contributed by atoms with Gasteiger partial charge in [0.15, 0.2) is 0 Å². The van der Waals surface area contributed by atoms with Gasteiger partial charge in [-0.05, 0) is 18.2 Å². The lowest BCUT2D eigenvalue weighted by molar-refractivity contribution is 0.565. The molecule has 0 aliphatic carbocycles. The number of rotatable bonds is 2. The molecule has 0 aliphatic rings. The molecular formula is C13H7F2NO. The molecule has 84 valence electrons. The summed E-state index contributed by atoms with van der Waals surface area (Å²) in [7, 11) is 0. The molecule has 0 saturated carbocycles. The van der Waals surface area contributed by atoms with Gasteiger partial charge < -0.3 is 0 Å². The SMILES string of the molecule is O=C=Nc1ccccc1-c1c(F)cccc1F. The number of hydrogen-bond acceptors (Lipinski definition) is 2. The van der Waals surface area contributed by atoms with E-state index in [2.05, 4.69) is 4.99 Å². The second-order valence-corrected chi connectivity index (χ2v) is 3.32. The minimum Gasteiger partial charge on any atom is -0.211 e. The van der Waals surface area contributed by atoms with Crippen LogP contribution in [-0.2, 0) is 4.79 Å². The van der Waals surface area contributed by atoms with Gasteiger partial charge in [0.2, 0.25) is 6.08 Å². The summed E-state index contributed by atoms with van der Waals surface area (Å²) in [4.78, 5) is 13.7. The lowest BCUT2D eigenvalue weighted by atomic mass is 10.0. The zero-order chi connectivity index (χ0) is 12.3. The molecule has 0 N–H and O–H groups in total. The molecule has 0 bridgehead atoms. The highest BCUT2D eigenvalue weighted by Gasteiger charge is 2.13. The van der Waals surface area contributed by atoms with Gasteiger partial charge in [-0.3, -0.25) is 0 Å². The maximum Gasteiger partial charge on any atom is 0.240 e. The molecule has 0 atom stereocenters. The average Bonchev–Trinajstić information content (AvgIpc) is 2.31. The predicted octanol–water partition coefficient (Wildman–Crippen LogP) is 3.60. The van der Waals surface area contributed by atoms with Crippen molar-refractivity contribution in [1.82, 2.24) is 0 Å². The molecule has 0 unspecified atom stereocenters. The first kappa shape index (κ1) is 11.2. The molecule has 0 fully saturated rings. The van der Waals surface area contributed by atoms with Crippen molar-refractivity contribution in [3.8, 4) is 11.1 Å². The smallest absolute Gasteiger partial charge is 0.211 e. The molecule has 0 saturated heterocycles. The van der Waals surface area contributed by atoms with E-state index in [1.165, 1.54) is 24.3 Å². The van der Waals surface area contributed by atoms with Crippen LogP contribution in [0.2, 0.25) is 0 Å². The summed E-state index contributed by atoms with van der Waals surface area (Å²) >= 11 is 0. The number of para-hydroxylation sites is 1. The van der Waals surface area contributed by atoms with Crippen molar-refractivity contribution >= 4 is 11.8 Å². The van der Waals surface area contributed by atoms with Crippen LogP contribution in [0.4, 0.5) is 14.5 Å². The fourth-order valence-electron chi connectivity index (χ4n) is 1.59. The minimum atomic E-state index is -0.696. The Kier molecular flexibility index (Phi) is 3.08. The van der Waals surface area contributed by atoms with Crippen LogP contribution in [0.3, 0.4) is 0 Å². The maximum atomic E-state index is 13.6. The molecule has 0 aliphatic heterocycles. The fraction of sp³-hybridized carbons (Fsp3) is 0. The Bertz CT molecular complexity index is 584. The van der Waals surface area contributed by atoms with Crippen LogP contribution in [0.5, 0.6) is 0 Å². The molecule has 2 rings (SSSR count). The van der Waals surface area contributed by atoms with Crippen molar-refractivity contribution in [2.75, 3.05) is 0 Å². The van der Waals surface area contributed by atoms with Crippen molar-refractivity contribution in [3.05, 3.63) is 54.1 Å². The zero-order valence-corrected chi connectivity index (χ0v) is 8.65. The molecule has 2 aromatic rings. The second-order valence-electron chi connectivity index (χ2n) is 3.32. The number of carbonyl (C=O) groups excluding carboxylic acids is 1. The predicted molar refractivity (Wildman–Crippen MR) is 59.6 cm³/mol. The summed E-state index contributed by atoms with van der Waals surface area (Å²) in [6.07, 6.45) is 1.36. The van der Waals surface area contributed by atoms with Crippen LogP contribution in [0.25, 0.3) is 11.1 Å². The Morgan fingerprint density at radius 3 is 2.24 bits per heavy atom. The van der Waals surface area contributed by atoms with Crippen molar-refractivity contribution < 1.29 is 13.6 Å². The lowest BCUT2D eigenvalue weighted by Crippen LogP contribution is -1.89. The molecular weight excluding hydrogens is 224 g/mol. The highest BCUT2D eigenvalue weighted by atomic mass is 19.1. The van der Waals surface area contributed by atoms with Gasteiger partial charge in [0.05, 0.1) is 11.3 Å². The molecule has 2 aromatic carbocycles. The van der Waals surface area contributed by atoms with Gasteiger partial charge in [-0.25, -0.2) is 13.6 Å². The Morgan fingerprint density at radius 2 is 1.59 bits per heavy atom. The summed E-state index contributed by atoms with van der Waals surface area (Å²) in [5.74, 6) is -1.39. The Morgan fingerprint density at radius 1 is 0.941 bits per heavy atom. The lowest BCUT2D eigenvalue weighted by Gasteiger charge is -2.06. The quantitative estimate of drug-likeness (QED) is 0.573. The van der Waals surface area contributed by atoms with Crippen LogP contribution >= 0.6 is 0 Å². The van der Waals surface area contributed by atoms with E-state index in [1.54, 1.807) is 12.1 Å². The summed E-state index contributed by atoms with van der Waals surface area (Å²) in [6.45, 7) is 0. The summed E-state index contributed by atoms with van der Waals surface area (Å²) < 4.78 is 27.2. The fourth-order valence-corrected chi connectivity index (χ4v) is 1.59. The van der Waals surface area contributed by atoms with Gasteiger partial charge in [0, 0.05) is 5.56 Å². The van der Waals surface area contributed by atoms with Gasteiger partial charge in [0.1, 0.15) is 11.6 Å². The summed E-state index contributed by atoms with van der Waals surface area (Å²) in [6, 6.07) is 9.81. The maximum absolute atomic E-state index is 13.6. The van der Waals surface area contributed by atoms with Crippen LogP contribution < -0.4 is 0 Å². The van der Waals surface area contributed by atoms with E-state index in [-0.39, 0.29) is 16.8 Å².